The van der Waals surface area contributed by atoms with Crippen molar-refractivity contribution in [2.24, 2.45) is 0 Å². The molecule has 3 rings (SSSR count). The highest BCUT2D eigenvalue weighted by Gasteiger charge is 2.25. The molecule has 0 saturated carbocycles. The van der Waals surface area contributed by atoms with Gasteiger partial charge in [0.25, 0.3) is 0 Å². The molecule has 0 bridgehead atoms. The lowest BCUT2D eigenvalue weighted by Gasteiger charge is -2.27. The van der Waals surface area contributed by atoms with Crippen molar-refractivity contribution in [3.05, 3.63) is 69.8 Å². The highest BCUT2D eigenvalue weighted by Crippen LogP contribution is 2.48. The molecular weight excluding hydrogens is 480 g/mol. The summed E-state index contributed by atoms with van der Waals surface area (Å²) in [6.07, 6.45) is 0. The van der Waals surface area contributed by atoms with Crippen molar-refractivity contribution in [2.45, 2.75) is 123 Å². The van der Waals surface area contributed by atoms with E-state index in [2.05, 4.69) is 107 Å². The van der Waals surface area contributed by atoms with Crippen molar-refractivity contribution in [3.8, 4) is 28.0 Å². The van der Waals surface area contributed by atoms with Gasteiger partial charge in [-0.3, -0.25) is 0 Å². The van der Waals surface area contributed by atoms with Gasteiger partial charge in [0.15, 0.2) is 0 Å². The molecule has 38 heavy (non-hydrogen) atoms. The molecule has 1 N–H and O–H groups in total. The predicted molar refractivity (Wildman–Crippen MR) is 171 cm³/mol. The van der Waals surface area contributed by atoms with E-state index in [1.165, 1.54) is 44.5 Å². The normalized spacial score (nSPS) is 12.3. The van der Waals surface area contributed by atoms with Gasteiger partial charge in [-0.2, -0.15) is 0 Å². The van der Waals surface area contributed by atoms with Gasteiger partial charge >= 0.3 is 0 Å². The molecular formula is C36H50OS. The number of aromatic hydroxyl groups is 1. The summed E-state index contributed by atoms with van der Waals surface area (Å²) in [5, 5.41) is 11.2. The molecule has 2 heteroatoms. The minimum absolute atomic E-state index is 0.294. The third-order valence-electron chi connectivity index (χ3n) is 7.90. The molecule has 1 nitrogen and oxygen atoms in total. The van der Waals surface area contributed by atoms with E-state index < -0.39 is 0 Å². The molecule has 0 aliphatic heterocycles. The first kappa shape index (κ1) is 30.4. The van der Waals surface area contributed by atoms with Gasteiger partial charge in [0, 0.05) is 4.90 Å². The molecule has 0 aromatic heterocycles. The van der Waals surface area contributed by atoms with Crippen molar-refractivity contribution >= 4 is 12.6 Å². The van der Waals surface area contributed by atoms with Crippen LogP contribution in [0, 0.1) is 0 Å². The fourth-order valence-corrected chi connectivity index (χ4v) is 5.89. The summed E-state index contributed by atoms with van der Waals surface area (Å²) in [7, 11) is 0. The maximum Gasteiger partial charge on any atom is 0.116 e. The maximum absolute atomic E-state index is 11.2. The molecule has 0 aliphatic carbocycles. The van der Waals surface area contributed by atoms with E-state index in [1.54, 1.807) is 0 Å². The number of thiol groups is 1. The first-order valence-electron chi connectivity index (χ1n) is 14.6. The monoisotopic (exact) mass is 530 g/mol. The van der Waals surface area contributed by atoms with Crippen LogP contribution >= 0.6 is 12.6 Å². The fraction of sp³-hybridized carbons (Fsp3) is 0.500. The SMILES string of the molecule is CC(C)c1cc(C(C)C)c(-c2cc(O)cc(-c3c(C(C)C)cc(C(C)C)cc3C(C)C)c2S)c(C(C)C)c1. The van der Waals surface area contributed by atoms with E-state index in [-0.39, 0.29) is 0 Å². The highest BCUT2D eigenvalue weighted by molar-refractivity contribution is 7.80. The molecule has 0 aliphatic rings. The summed E-state index contributed by atoms with van der Waals surface area (Å²) in [4.78, 5) is 0.949. The summed E-state index contributed by atoms with van der Waals surface area (Å²) >= 11 is 5.27. The Morgan fingerprint density at radius 3 is 0.921 bits per heavy atom. The number of benzene rings is 3. The topological polar surface area (TPSA) is 20.2 Å². The van der Waals surface area contributed by atoms with E-state index in [9.17, 15) is 5.11 Å². The van der Waals surface area contributed by atoms with Gasteiger partial charge < -0.3 is 5.11 Å². The van der Waals surface area contributed by atoms with E-state index in [0.29, 0.717) is 41.3 Å². The predicted octanol–water partition coefficient (Wildman–Crippen LogP) is 11.8. The minimum atomic E-state index is 0.294. The van der Waals surface area contributed by atoms with Crippen LogP contribution in [0.3, 0.4) is 0 Å². The Kier molecular flexibility index (Phi) is 9.51. The van der Waals surface area contributed by atoms with Crippen molar-refractivity contribution in [3.63, 3.8) is 0 Å². The number of hydrogen-bond acceptors (Lipinski definition) is 2. The zero-order valence-corrected chi connectivity index (χ0v) is 26.7. The van der Waals surface area contributed by atoms with Crippen LogP contribution in [-0.4, -0.2) is 5.11 Å². The number of phenols is 1. The highest BCUT2D eigenvalue weighted by atomic mass is 32.1. The minimum Gasteiger partial charge on any atom is -0.508 e. The van der Waals surface area contributed by atoms with Crippen LogP contribution in [0.25, 0.3) is 22.3 Å². The van der Waals surface area contributed by atoms with Gasteiger partial charge in [0.1, 0.15) is 5.75 Å². The molecule has 0 fully saturated rings. The average molecular weight is 531 g/mol. The lowest BCUT2D eigenvalue weighted by atomic mass is 9.79. The van der Waals surface area contributed by atoms with E-state index in [1.807, 2.05) is 12.1 Å². The average Bonchev–Trinajstić information content (AvgIpc) is 2.83. The molecule has 0 atom stereocenters. The summed E-state index contributed by atoms with van der Waals surface area (Å²) in [6, 6.07) is 13.4. The van der Waals surface area contributed by atoms with Crippen LogP contribution in [0.5, 0.6) is 5.75 Å². The Labute approximate surface area is 238 Å². The number of phenolic OH excluding ortho intramolecular Hbond substituents is 1. The molecule has 0 saturated heterocycles. The second kappa shape index (κ2) is 11.9. The Hall–Kier alpha value is -2.19. The van der Waals surface area contributed by atoms with Gasteiger partial charge in [-0.05, 0) is 103 Å². The van der Waals surface area contributed by atoms with Crippen molar-refractivity contribution < 1.29 is 5.11 Å². The molecule has 0 radical (unpaired) electrons. The molecule has 0 heterocycles. The van der Waals surface area contributed by atoms with Crippen LogP contribution in [0.15, 0.2) is 41.3 Å². The first-order valence-corrected chi connectivity index (χ1v) is 15.0. The zero-order valence-electron chi connectivity index (χ0n) is 25.8. The van der Waals surface area contributed by atoms with Crippen molar-refractivity contribution in [1.82, 2.24) is 0 Å². The maximum atomic E-state index is 11.2. The van der Waals surface area contributed by atoms with Crippen LogP contribution < -0.4 is 0 Å². The zero-order chi connectivity index (χ0) is 28.6. The molecule has 3 aromatic rings. The van der Waals surface area contributed by atoms with Crippen LogP contribution in [0.2, 0.25) is 0 Å². The third-order valence-corrected chi connectivity index (χ3v) is 8.38. The summed E-state index contributed by atoms with van der Waals surface area (Å²) in [5.41, 5.74) is 12.6. The molecule has 3 aromatic carbocycles. The Balaban J connectivity index is 2.50. The third kappa shape index (κ3) is 6.01. The van der Waals surface area contributed by atoms with Crippen molar-refractivity contribution in [2.75, 3.05) is 0 Å². The van der Waals surface area contributed by atoms with Gasteiger partial charge in [-0.15, -0.1) is 12.6 Å². The Morgan fingerprint density at radius 1 is 0.447 bits per heavy atom. The Bertz CT molecular complexity index is 1140. The van der Waals surface area contributed by atoms with E-state index >= 15 is 0 Å². The quantitative estimate of drug-likeness (QED) is 0.277. The lowest BCUT2D eigenvalue weighted by Crippen LogP contribution is -2.06. The van der Waals surface area contributed by atoms with Crippen LogP contribution in [0.1, 0.15) is 152 Å². The van der Waals surface area contributed by atoms with E-state index in [0.717, 1.165) is 16.0 Å². The molecule has 0 amide bonds. The second-order valence-electron chi connectivity index (χ2n) is 13.0. The van der Waals surface area contributed by atoms with Crippen molar-refractivity contribution in [1.29, 1.82) is 0 Å². The molecule has 206 valence electrons. The van der Waals surface area contributed by atoms with Crippen LogP contribution in [0.4, 0.5) is 0 Å². The van der Waals surface area contributed by atoms with Gasteiger partial charge in [-0.25, -0.2) is 0 Å². The Morgan fingerprint density at radius 2 is 0.711 bits per heavy atom. The summed E-state index contributed by atoms with van der Waals surface area (Å²) in [6.45, 7) is 27.2. The molecule has 0 unspecified atom stereocenters. The smallest absolute Gasteiger partial charge is 0.116 e. The second-order valence-corrected chi connectivity index (χ2v) is 13.4. The fourth-order valence-electron chi connectivity index (χ4n) is 5.53. The van der Waals surface area contributed by atoms with E-state index in [4.69, 9.17) is 12.6 Å². The van der Waals surface area contributed by atoms with Crippen LogP contribution in [-0.2, 0) is 0 Å². The molecule has 0 spiro atoms. The lowest BCUT2D eigenvalue weighted by molar-refractivity contribution is 0.475. The standard InChI is InChI=1S/C36H50OS/c1-19(2)25-13-28(21(5)6)34(29(14-25)22(7)8)32-17-27(37)18-33(36(32)38)35-30(23(9)10)15-26(20(3)4)16-31(35)24(11)12/h13-24,37-38H,1-12H3. The largest absolute Gasteiger partial charge is 0.508 e. The summed E-state index contributed by atoms with van der Waals surface area (Å²) in [5.74, 6) is 2.60. The van der Waals surface area contributed by atoms with Gasteiger partial charge in [0.05, 0.1) is 0 Å². The number of rotatable bonds is 8. The van der Waals surface area contributed by atoms with Gasteiger partial charge in [-0.1, -0.05) is 107 Å². The van der Waals surface area contributed by atoms with Gasteiger partial charge in [0.2, 0.25) is 0 Å². The first-order chi connectivity index (χ1) is 17.6. The summed E-state index contributed by atoms with van der Waals surface area (Å²) < 4.78 is 0. The number of hydrogen-bond donors (Lipinski definition) is 2.